The monoisotopic (exact) mass is 547 g/mol. The van der Waals surface area contributed by atoms with Gasteiger partial charge in [0.15, 0.2) is 5.78 Å². The van der Waals surface area contributed by atoms with Crippen molar-refractivity contribution in [2.75, 3.05) is 5.32 Å². The van der Waals surface area contributed by atoms with E-state index in [4.69, 9.17) is 16.9 Å². The molecule has 0 saturated heterocycles. The van der Waals surface area contributed by atoms with Crippen molar-refractivity contribution < 1.29 is 9.59 Å². The average Bonchev–Trinajstić information content (AvgIpc) is 3.84. The Kier molecular flexibility index (Phi) is 7.67. The summed E-state index contributed by atoms with van der Waals surface area (Å²) in [5, 5.41) is 12.3. The lowest BCUT2D eigenvalue weighted by Crippen LogP contribution is -2.41. The summed E-state index contributed by atoms with van der Waals surface area (Å²) in [7, 11) is 0. The largest absolute Gasteiger partial charge is 0.332 e. The third kappa shape index (κ3) is 6.28. The number of anilines is 1. The molecule has 2 heterocycles. The second-order valence-electron chi connectivity index (χ2n) is 10.9. The van der Waals surface area contributed by atoms with E-state index in [9.17, 15) is 19.2 Å². The number of carbonyl (C=O) groups excluding carboxylic acids is 2. The van der Waals surface area contributed by atoms with Crippen molar-refractivity contribution in [1.29, 1.82) is 5.26 Å². The van der Waals surface area contributed by atoms with Gasteiger partial charge in [-0.05, 0) is 74.1 Å². The van der Waals surface area contributed by atoms with Crippen molar-refractivity contribution in [3.63, 3.8) is 0 Å². The van der Waals surface area contributed by atoms with Gasteiger partial charge >= 0.3 is 5.69 Å². The maximum atomic E-state index is 13.3. The van der Waals surface area contributed by atoms with Crippen molar-refractivity contribution >= 4 is 40.0 Å². The van der Waals surface area contributed by atoms with Crippen LogP contribution in [0.1, 0.15) is 67.8 Å². The molecule has 0 aliphatic heterocycles. The highest BCUT2D eigenvalue weighted by Crippen LogP contribution is 2.32. The van der Waals surface area contributed by atoms with Crippen LogP contribution in [0.5, 0.6) is 0 Å². The molecule has 2 saturated carbocycles. The highest BCUT2D eigenvalue weighted by atomic mass is 35.5. The fraction of sp³-hybridized carbons (Fsp3) is 0.448. The van der Waals surface area contributed by atoms with Crippen molar-refractivity contribution in [3.05, 3.63) is 67.4 Å². The molecular weight excluding hydrogens is 518 g/mol. The van der Waals surface area contributed by atoms with Gasteiger partial charge in [-0.2, -0.15) is 5.26 Å². The molecule has 2 fully saturated rings. The molecule has 2 aliphatic carbocycles. The van der Waals surface area contributed by atoms with Crippen LogP contribution in [-0.2, 0) is 17.9 Å². The number of aromatic nitrogens is 3. The molecule has 2 aliphatic rings. The number of carbonyl (C=O) groups is 2. The van der Waals surface area contributed by atoms with Gasteiger partial charge in [0.2, 0.25) is 5.91 Å². The number of hydrogen-bond acceptors (Lipinski definition) is 6. The summed E-state index contributed by atoms with van der Waals surface area (Å²) in [5.74, 6) is 0.327. The van der Waals surface area contributed by atoms with Crippen LogP contribution in [0.3, 0.4) is 0 Å². The Morgan fingerprint density at radius 3 is 2.46 bits per heavy atom. The van der Waals surface area contributed by atoms with Crippen LogP contribution in [0, 0.1) is 29.1 Å². The highest BCUT2D eigenvalue weighted by Gasteiger charge is 2.28. The van der Waals surface area contributed by atoms with Gasteiger partial charge in [0, 0.05) is 43.4 Å². The van der Waals surface area contributed by atoms with Crippen LogP contribution >= 0.6 is 11.6 Å². The Morgan fingerprint density at radius 2 is 1.82 bits per heavy atom. The van der Waals surface area contributed by atoms with Crippen LogP contribution < -0.4 is 16.6 Å². The molecule has 1 aromatic carbocycles. The molecular formula is C29H30ClN5O4. The van der Waals surface area contributed by atoms with E-state index >= 15 is 0 Å². The lowest BCUT2D eigenvalue weighted by Gasteiger charge is -2.14. The van der Waals surface area contributed by atoms with Crippen molar-refractivity contribution in [2.24, 2.45) is 17.8 Å². The fourth-order valence-electron chi connectivity index (χ4n) is 4.73. The molecule has 0 spiro atoms. The van der Waals surface area contributed by atoms with Gasteiger partial charge in [0.05, 0.1) is 16.0 Å². The molecule has 0 bridgehead atoms. The molecule has 10 heteroatoms. The zero-order valence-electron chi connectivity index (χ0n) is 21.8. The maximum Gasteiger partial charge on any atom is 0.332 e. The standard InChI is InChI=1S/C29H30ClN5O4/c1-17(10-26(37)33-22-8-7-20(13-31)24(30)12-22)2-9-25(36)21-11-23-27(32-14-21)34(15-18-3-4-18)29(39)35(28(23)38)16-19-5-6-19/h7-8,11-12,14,17-19H,2-6,9-10,15-16H2,1H3,(H,33,37). The summed E-state index contributed by atoms with van der Waals surface area (Å²) >= 11 is 6.03. The molecule has 39 heavy (non-hydrogen) atoms. The molecule has 5 rings (SSSR count). The Hall–Kier alpha value is -3.77. The normalized spacial score (nSPS) is 15.6. The number of fused-ring (bicyclic) bond motifs is 1. The van der Waals surface area contributed by atoms with E-state index in [1.807, 2.05) is 13.0 Å². The summed E-state index contributed by atoms with van der Waals surface area (Å²) in [5.41, 5.74) is 0.809. The first kappa shape index (κ1) is 26.8. The molecule has 1 amide bonds. The summed E-state index contributed by atoms with van der Waals surface area (Å²) < 4.78 is 2.92. The van der Waals surface area contributed by atoms with Crippen LogP contribution in [0.15, 0.2) is 40.1 Å². The number of amides is 1. The Bertz CT molecular complexity index is 1610. The van der Waals surface area contributed by atoms with E-state index in [2.05, 4.69) is 10.3 Å². The molecule has 1 N–H and O–H groups in total. The fourth-order valence-corrected chi connectivity index (χ4v) is 4.95. The molecule has 2 aromatic heterocycles. The quantitative estimate of drug-likeness (QED) is 0.351. The van der Waals surface area contributed by atoms with Gasteiger partial charge in [-0.25, -0.2) is 9.78 Å². The number of nitriles is 1. The van der Waals surface area contributed by atoms with Crippen molar-refractivity contribution in [1.82, 2.24) is 14.1 Å². The zero-order valence-corrected chi connectivity index (χ0v) is 22.5. The summed E-state index contributed by atoms with van der Waals surface area (Å²) in [4.78, 5) is 56.3. The zero-order chi connectivity index (χ0) is 27.7. The molecule has 9 nitrogen and oxygen atoms in total. The summed E-state index contributed by atoms with van der Waals surface area (Å²) in [6.45, 7) is 2.84. The van der Waals surface area contributed by atoms with Gasteiger partial charge in [0.1, 0.15) is 11.7 Å². The van der Waals surface area contributed by atoms with Crippen molar-refractivity contribution in [2.45, 2.75) is 65.0 Å². The van der Waals surface area contributed by atoms with Gasteiger partial charge in [-0.15, -0.1) is 0 Å². The number of benzene rings is 1. The van der Waals surface area contributed by atoms with E-state index < -0.39 is 0 Å². The molecule has 202 valence electrons. The third-order valence-corrected chi connectivity index (χ3v) is 7.74. The Balaban J connectivity index is 1.26. The lowest BCUT2D eigenvalue weighted by molar-refractivity contribution is -0.117. The van der Waals surface area contributed by atoms with Gasteiger partial charge in [0.25, 0.3) is 5.56 Å². The van der Waals surface area contributed by atoms with Crippen molar-refractivity contribution in [3.8, 4) is 6.07 Å². The summed E-state index contributed by atoms with van der Waals surface area (Å²) in [6.07, 6.45) is 6.48. The summed E-state index contributed by atoms with van der Waals surface area (Å²) in [6, 6.07) is 8.24. The van der Waals surface area contributed by atoms with Gasteiger partial charge < -0.3 is 5.32 Å². The number of nitrogens with one attached hydrogen (secondary N) is 1. The predicted molar refractivity (Wildman–Crippen MR) is 148 cm³/mol. The minimum Gasteiger partial charge on any atom is -0.326 e. The number of halogens is 1. The number of ketones is 1. The molecule has 3 aromatic rings. The van der Waals surface area contributed by atoms with Gasteiger partial charge in [-0.1, -0.05) is 18.5 Å². The van der Waals surface area contributed by atoms with Crippen LogP contribution in [0.4, 0.5) is 5.69 Å². The Labute approximate surface area is 230 Å². The number of nitrogens with zero attached hydrogens (tertiary/aromatic N) is 4. The van der Waals surface area contributed by atoms with E-state index in [-0.39, 0.29) is 46.7 Å². The van der Waals surface area contributed by atoms with Crippen LogP contribution in [0.2, 0.25) is 5.02 Å². The second kappa shape index (κ2) is 11.1. The van der Waals surface area contributed by atoms with E-state index in [0.717, 1.165) is 25.7 Å². The predicted octanol–water partition coefficient (Wildman–Crippen LogP) is 4.53. The molecule has 1 atom stereocenters. The Morgan fingerprint density at radius 1 is 1.13 bits per heavy atom. The second-order valence-corrected chi connectivity index (χ2v) is 11.3. The maximum absolute atomic E-state index is 13.3. The smallest absolute Gasteiger partial charge is 0.326 e. The minimum absolute atomic E-state index is 0.0734. The average molecular weight is 548 g/mol. The third-order valence-electron chi connectivity index (χ3n) is 7.43. The first-order valence-electron chi connectivity index (χ1n) is 13.4. The number of rotatable bonds is 11. The van der Waals surface area contributed by atoms with E-state index in [1.54, 1.807) is 22.8 Å². The van der Waals surface area contributed by atoms with Crippen LogP contribution in [-0.4, -0.2) is 25.8 Å². The highest BCUT2D eigenvalue weighted by molar-refractivity contribution is 6.32. The number of Topliss-reactive ketones (excluding diaryl/α,β-unsaturated/α-hetero) is 1. The van der Waals surface area contributed by atoms with E-state index in [1.165, 1.54) is 16.8 Å². The molecule has 1 unspecified atom stereocenters. The minimum atomic E-state index is -0.385. The van der Waals surface area contributed by atoms with Gasteiger partial charge in [-0.3, -0.25) is 23.5 Å². The molecule has 0 radical (unpaired) electrons. The SMILES string of the molecule is CC(CCC(=O)c1cnc2c(c1)c(=O)n(CC1CC1)c(=O)n2CC1CC1)CC(=O)Nc1ccc(C#N)c(Cl)c1. The number of pyridine rings is 1. The van der Waals surface area contributed by atoms with Crippen LogP contribution in [0.25, 0.3) is 11.0 Å². The van der Waals surface area contributed by atoms with E-state index in [0.29, 0.717) is 59.2 Å². The lowest BCUT2D eigenvalue weighted by atomic mass is 9.97. The first-order chi connectivity index (χ1) is 18.7. The first-order valence-corrected chi connectivity index (χ1v) is 13.8. The topological polar surface area (TPSA) is 127 Å². The number of hydrogen-bond donors (Lipinski definition) is 1.